The van der Waals surface area contributed by atoms with E-state index in [9.17, 15) is 14.0 Å². The number of aromatic nitrogens is 3. The Kier molecular flexibility index (Phi) is 8.29. The largest absolute Gasteiger partial charge is 0.493 e. The molecule has 8 nitrogen and oxygen atoms in total. The minimum absolute atomic E-state index is 0.0723. The lowest BCUT2D eigenvalue weighted by atomic mass is 10.2. The normalized spacial score (nSPS) is 10.5. The lowest BCUT2D eigenvalue weighted by Gasteiger charge is -2.11. The van der Waals surface area contributed by atoms with E-state index in [0.717, 1.165) is 5.56 Å². The van der Waals surface area contributed by atoms with Gasteiger partial charge in [0, 0.05) is 24.9 Å². The molecule has 3 rings (SSSR count). The molecule has 3 aromatic rings. The van der Waals surface area contributed by atoms with Crippen LogP contribution in [0.3, 0.4) is 0 Å². The average molecular weight is 452 g/mol. The van der Waals surface area contributed by atoms with Gasteiger partial charge in [-0.25, -0.2) is 4.39 Å². The molecule has 0 fully saturated rings. The Morgan fingerprint density at radius 3 is 2.67 bits per heavy atom. The number of nitrogens with one attached hydrogen (secondary N) is 2. The molecule has 0 bridgehead atoms. The SMILES string of the molecule is C=CCCOc1ccc(-c2nnc(CCC(=O)NCc3ccc(F)cc3)c(=O)[nH]2)cc1OC. The predicted molar refractivity (Wildman–Crippen MR) is 122 cm³/mol. The maximum absolute atomic E-state index is 12.9. The van der Waals surface area contributed by atoms with Crippen LogP contribution in [0, 0.1) is 5.82 Å². The summed E-state index contributed by atoms with van der Waals surface area (Å²) in [6.07, 6.45) is 2.67. The fraction of sp³-hybridized carbons (Fsp3) is 0.250. The lowest BCUT2D eigenvalue weighted by molar-refractivity contribution is -0.121. The van der Waals surface area contributed by atoms with Gasteiger partial charge in [-0.1, -0.05) is 18.2 Å². The fourth-order valence-corrected chi connectivity index (χ4v) is 2.96. The van der Waals surface area contributed by atoms with Crippen molar-refractivity contribution in [1.29, 1.82) is 0 Å². The molecule has 172 valence electrons. The molecule has 1 heterocycles. The zero-order valence-corrected chi connectivity index (χ0v) is 18.3. The van der Waals surface area contributed by atoms with Gasteiger partial charge in [0.25, 0.3) is 5.56 Å². The van der Waals surface area contributed by atoms with Crippen molar-refractivity contribution in [2.75, 3.05) is 13.7 Å². The number of methoxy groups -OCH3 is 1. The third-order valence-electron chi connectivity index (χ3n) is 4.77. The maximum Gasteiger partial charge on any atom is 0.273 e. The third-order valence-corrected chi connectivity index (χ3v) is 4.77. The molecular formula is C24H25FN4O4. The summed E-state index contributed by atoms with van der Waals surface area (Å²) in [6.45, 7) is 4.40. The number of aryl methyl sites for hydroxylation is 1. The molecule has 1 aromatic heterocycles. The first-order valence-electron chi connectivity index (χ1n) is 10.4. The van der Waals surface area contributed by atoms with Crippen LogP contribution in [0.15, 0.2) is 59.9 Å². The molecule has 2 aromatic carbocycles. The van der Waals surface area contributed by atoms with Crippen LogP contribution in [0.2, 0.25) is 0 Å². The van der Waals surface area contributed by atoms with Crippen LogP contribution < -0.4 is 20.3 Å². The van der Waals surface area contributed by atoms with E-state index in [1.807, 2.05) is 0 Å². The van der Waals surface area contributed by atoms with Crippen molar-refractivity contribution in [2.24, 2.45) is 0 Å². The highest BCUT2D eigenvalue weighted by Crippen LogP contribution is 2.31. The molecule has 0 saturated carbocycles. The summed E-state index contributed by atoms with van der Waals surface area (Å²) in [5.74, 6) is 0.766. The van der Waals surface area contributed by atoms with Crippen LogP contribution in [-0.4, -0.2) is 34.8 Å². The number of hydrogen-bond acceptors (Lipinski definition) is 6. The summed E-state index contributed by atoms with van der Waals surface area (Å²) in [4.78, 5) is 27.2. The van der Waals surface area contributed by atoms with Gasteiger partial charge in [-0.2, -0.15) is 0 Å². The number of aromatic amines is 1. The highest BCUT2D eigenvalue weighted by molar-refractivity contribution is 5.76. The molecule has 9 heteroatoms. The van der Waals surface area contributed by atoms with Gasteiger partial charge in [0.05, 0.1) is 13.7 Å². The molecule has 0 unspecified atom stereocenters. The summed E-state index contributed by atoms with van der Waals surface area (Å²) >= 11 is 0. The summed E-state index contributed by atoms with van der Waals surface area (Å²) in [5.41, 5.74) is 1.12. The summed E-state index contributed by atoms with van der Waals surface area (Å²) in [7, 11) is 1.53. The molecule has 0 aliphatic heterocycles. The van der Waals surface area contributed by atoms with E-state index in [0.29, 0.717) is 30.1 Å². The first kappa shape index (κ1) is 23.6. The van der Waals surface area contributed by atoms with Gasteiger partial charge < -0.3 is 19.8 Å². The van der Waals surface area contributed by atoms with Crippen LogP contribution in [0.25, 0.3) is 11.4 Å². The van der Waals surface area contributed by atoms with E-state index < -0.39 is 5.56 Å². The zero-order valence-electron chi connectivity index (χ0n) is 18.3. The highest BCUT2D eigenvalue weighted by Gasteiger charge is 2.12. The minimum atomic E-state index is -0.420. The summed E-state index contributed by atoms with van der Waals surface area (Å²) in [6, 6.07) is 11.0. The minimum Gasteiger partial charge on any atom is -0.493 e. The van der Waals surface area contributed by atoms with Crippen molar-refractivity contribution in [1.82, 2.24) is 20.5 Å². The molecule has 0 aliphatic carbocycles. The van der Waals surface area contributed by atoms with Crippen LogP contribution in [-0.2, 0) is 17.8 Å². The number of halogens is 1. The number of amides is 1. The molecule has 0 aliphatic rings. The number of ether oxygens (including phenoxy) is 2. The van der Waals surface area contributed by atoms with Gasteiger partial charge in [-0.3, -0.25) is 9.59 Å². The Morgan fingerprint density at radius 1 is 1.18 bits per heavy atom. The standard InChI is InChI=1S/C24H25FN4O4/c1-3-4-13-33-20-11-7-17(14-21(20)32-2)23-27-24(31)19(28-29-23)10-12-22(30)26-15-16-5-8-18(25)9-6-16/h3,5-9,11,14H,1,4,10,12-13,15H2,2H3,(H,26,30)(H,27,29,31). The van der Waals surface area contributed by atoms with Gasteiger partial charge in [0.2, 0.25) is 5.91 Å². The van der Waals surface area contributed by atoms with Crippen molar-refractivity contribution < 1.29 is 18.7 Å². The van der Waals surface area contributed by atoms with E-state index in [4.69, 9.17) is 9.47 Å². The lowest BCUT2D eigenvalue weighted by Crippen LogP contribution is -2.25. The fourth-order valence-electron chi connectivity index (χ4n) is 2.96. The number of rotatable bonds is 11. The van der Waals surface area contributed by atoms with Crippen LogP contribution >= 0.6 is 0 Å². The van der Waals surface area contributed by atoms with E-state index in [2.05, 4.69) is 27.1 Å². The Bertz CT molecular complexity index is 1160. The van der Waals surface area contributed by atoms with Crippen molar-refractivity contribution in [3.05, 3.63) is 82.5 Å². The van der Waals surface area contributed by atoms with Gasteiger partial charge in [0.1, 0.15) is 11.5 Å². The Hall–Kier alpha value is -4.01. The smallest absolute Gasteiger partial charge is 0.273 e. The number of H-pyrrole nitrogens is 1. The number of carbonyl (C=O) groups is 1. The van der Waals surface area contributed by atoms with Gasteiger partial charge in [-0.15, -0.1) is 16.8 Å². The van der Waals surface area contributed by atoms with Crippen molar-refractivity contribution in [2.45, 2.75) is 25.8 Å². The third kappa shape index (κ3) is 6.73. The Balaban J connectivity index is 1.60. The average Bonchev–Trinajstić information content (AvgIpc) is 2.83. The van der Waals surface area contributed by atoms with E-state index in [-0.39, 0.29) is 42.6 Å². The quantitative estimate of drug-likeness (QED) is 0.342. The van der Waals surface area contributed by atoms with E-state index in [1.165, 1.54) is 19.2 Å². The first-order valence-corrected chi connectivity index (χ1v) is 10.4. The van der Waals surface area contributed by atoms with Gasteiger partial charge in [-0.05, 0) is 42.3 Å². The Labute approximate surface area is 190 Å². The molecule has 0 atom stereocenters. The Morgan fingerprint density at radius 2 is 1.97 bits per heavy atom. The molecular weight excluding hydrogens is 427 g/mol. The number of nitrogens with zero attached hydrogens (tertiary/aromatic N) is 2. The first-order chi connectivity index (χ1) is 16.0. The van der Waals surface area contributed by atoms with E-state index >= 15 is 0 Å². The molecule has 0 saturated heterocycles. The van der Waals surface area contributed by atoms with Gasteiger partial charge >= 0.3 is 0 Å². The second-order valence-corrected chi connectivity index (χ2v) is 7.14. The molecule has 1 amide bonds. The molecule has 33 heavy (non-hydrogen) atoms. The highest BCUT2D eigenvalue weighted by atomic mass is 19.1. The second-order valence-electron chi connectivity index (χ2n) is 7.14. The summed E-state index contributed by atoms with van der Waals surface area (Å²) in [5, 5.41) is 10.8. The van der Waals surface area contributed by atoms with Crippen LogP contribution in [0.1, 0.15) is 24.1 Å². The maximum atomic E-state index is 12.9. The van der Waals surface area contributed by atoms with Gasteiger partial charge in [0.15, 0.2) is 17.3 Å². The van der Waals surface area contributed by atoms with Crippen molar-refractivity contribution in [3.63, 3.8) is 0 Å². The van der Waals surface area contributed by atoms with Crippen LogP contribution in [0.5, 0.6) is 11.5 Å². The molecule has 0 radical (unpaired) electrons. The number of benzene rings is 2. The number of hydrogen-bond donors (Lipinski definition) is 2. The van der Waals surface area contributed by atoms with E-state index in [1.54, 1.807) is 36.4 Å². The molecule has 2 N–H and O–H groups in total. The second kappa shape index (κ2) is 11.6. The van der Waals surface area contributed by atoms with Crippen molar-refractivity contribution in [3.8, 4) is 22.9 Å². The van der Waals surface area contributed by atoms with Crippen LogP contribution in [0.4, 0.5) is 4.39 Å². The molecule has 0 spiro atoms. The predicted octanol–water partition coefficient (Wildman–Crippen LogP) is 3.18. The summed E-state index contributed by atoms with van der Waals surface area (Å²) < 4.78 is 23.9. The number of carbonyl (C=O) groups excluding carboxylic acids is 1. The topological polar surface area (TPSA) is 106 Å². The van der Waals surface area contributed by atoms with Crippen molar-refractivity contribution >= 4 is 5.91 Å². The monoisotopic (exact) mass is 452 g/mol. The zero-order chi connectivity index (χ0) is 23.6.